The van der Waals surface area contributed by atoms with Gasteiger partial charge in [-0.2, -0.15) is 0 Å². The fourth-order valence-electron chi connectivity index (χ4n) is 1.59. The number of ether oxygens (including phenoxy) is 1. The first-order chi connectivity index (χ1) is 7.22. The number of esters is 1. The molecule has 0 saturated heterocycles. The number of hydrogen-bond donors (Lipinski definition) is 0. The van der Waals surface area contributed by atoms with E-state index in [0.29, 0.717) is 13.0 Å². The molecule has 0 fully saturated rings. The van der Waals surface area contributed by atoms with Crippen LogP contribution in [0.3, 0.4) is 0 Å². The van der Waals surface area contributed by atoms with Crippen LogP contribution in [-0.4, -0.2) is 18.4 Å². The average molecular weight is 210 g/mol. The molecule has 0 spiro atoms. The minimum atomic E-state index is -0.598. The number of carbonyl (C=O) groups excluding carboxylic acids is 2. The zero-order valence-electron chi connectivity index (χ0n) is 9.20. The molecule has 1 aliphatic rings. The SMILES string of the molecule is CC(=O)C1C/C=C\CCCCCOC1=O. The third kappa shape index (κ3) is 4.28. The predicted octanol–water partition coefficient (Wildman–Crippen LogP) is 2.26. The Morgan fingerprint density at radius 3 is 2.87 bits per heavy atom. The number of allylic oxidation sites excluding steroid dienone is 2. The number of Topliss-reactive ketones (excluding diaryl/α,β-unsaturated/α-hetero) is 1. The number of carbonyl (C=O) groups is 2. The first kappa shape index (κ1) is 12.0. The van der Waals surface area contributed by atoms with Crippen molar-refractivity contribution in [3.8, 4) is 0 Å². The Balaban J connectivity index is 2.60. The van der Waals surface area contributed by atoms with Crippen molar-refractivity contribution in [3.05, 3.63) is 12.2 Å². The van der Waals surface area contributed by atoms with E-state index in [1.54, 1.807) is 0 Å². The zero-order chi connectivity index (χ0) is 11.1. The smallest absolute Gasteiger partial charge is 0.316 e. The van der Waals surface area contributed by atoms with Gasteiger partial charge in [0.15, 0.2) is 0 Å². The van der Waals surface area contributed by atoms with Gasteiger partial charge in [0.05, 0.1) is 6.61 Å². The van der Waals surface area contributed by atoms with Crippen LogP contribution < -0.4 is 0 Å². The molecule has 3 nitrogen and oxygen atoms in total. The highest BCUT2D eigenvalue weighted by atomic mass is 16.5. The summed E-state index contributed by atoms with van der Waals surface area (Å²) in [5, 5.41) is 0. The lowest BCUT2D eigenvalue weighted by Gasteiger charge is -2.10. The van der Waals surface area contributed by atoms with Crippen molar-refractivity contribution >= 4 is 11.8 Å². The molecular weight excluding hydrogens is 192 g/mol. The first-order valence-corrected chi connectivity index (χ1v) is 5.54. The quantitative estimate of drug-likeness (QED) is 0.379. The van der Waals surface area contributed by atoms with Gasteiger partial charge >= 0.3 is 5.97 Å². The van der Waals surface area contributed by atoms with Crippen LogP contribution >= 0.6 is 0 Å². The van der Waals surface area contributed by atoms with Gasteiger partial charge in [-0.1, -0.05) is 12.2 Å². The second-order valence-corrected chi connectivity index (χ2v) is 3.89. The lowest BCUT2D eigenvalue weighted by atomic mass is 10.0. The van der Waals surface area contributed by atoms with Crippen LogP contribution in [0.2, 0.25) is 0 Å². The van der Waals surface area contributed by atoms with E-state index in [9.17, 15) is 9.59 Å². The molecule has 15 heavy (non-hydrogen) atoms. The van der Waals surface area contributed by atoms with Crippen LogP contribution in [0.15, 0.2) is 12.2 Å². The fraction of sp³-hybridized carbons (Fsp3) is 0.667. The summed E-state index contributed by atoms with van der Waals surface area (Å²) in [6.07, 6.45) is 8.56. The minimum absolute atomic E-state index is 0.108. The van der Waals surface area contributed by atoms with Crippen molar-refractivity contribution in [1.29, 1.82) is 0 Å². The average Bonchev–Trinajstić information content (AvgIpc) is 2.23. The number of hydrogen-bond acceptors (Lipinski definition) is 3. The molecule has 1 unspecified atom stereocenters. The van der Waals surface area contributed by atoms with Gasteiger partial charge in [-0.05, 0) is 39.0 Å². The summed E-state index contributed by atoms with van der Waals surface area (Å²) in [6, 6.07) is 0. The predicted molar refractivity (Wildman–Crippen MR) is 57.4 cm³/mol. The molecule has 1 heterocycles. The van der Waals surface area contributed by atoms with E-state index in [0.717, 1.165) is 25.7 Å². The van der Waals surface area contributed by atoms with Gasteiger partial charge in [-0.25, -0.2) is 0 Å². The fourth-order valence-corrected chi connectivity index (χ4v) is 1.59. The second-order valence-electron chi connectivity index (χ2n) is 3.89. The Bertz CT molecular complexity index is 256. The number of cyclic esters (lactones) is 1. The normalized spacial score (nSPS) is 26.2. The Morgan fingerprint density at radius 2 is 2.13 bits per heavy atom. The Labute approximate surface area is 90.5 Å². The summed E-state index contributed by atoms with van der Waals surface area (Å²) in [4.78, 5) is 22.7. The molecule has 0 aromatic rings. The molecule has 0 aromatic carbocycles. The topological polar surface area (TPSA) is 43.4 Å². The molecule has 84 valence electrons. The van der Waals surface area contributed by atoms with E-state index in [1.165, 1.54) is 6.92 Å². The van der Waals surface area contributed by atoms with Crippen molar-refractivity contribution < 1.29 is 14.3 Å². The van der Waals surface area contributed by atoms with Crippen molar-refractivity contribution in [2.75, 3.05) is 6.61 Å². The molecule has 3 heteroatoms. The summed E-state index contributed by atoms with van der Waals surface area (Å²) >= 11 is 0. The van der Waals surface area contributed by atoms with E-state index < -0.39 is 5.92 Å². The summed E-state index contributed by atoms with van der Waals surface area (Å²) in [5.74, 6) is -1.07. The van der Waals surface area contributed by atoms with Crippen molar-refractivity contribution in [3.63, 3.8) is 0 Å². The third-order valence-corrected chi connectivity index (χ3v) is 2.57. The van der Waals surface area contributed by atoms with E-state index >= 15 is 0 Å². The lowest BCUT2D eigenvalue weighted by molar-refractivity contribution is -0.151. The van der Waals surface area contributed by atoms with E-state index in [1.807, 2.05) is 6.08 Å². The molecule has 0 aliphatic carbocycles. The lowest BCUT2D eigenvalue weighted by Crippen LogP contribution is -2.24. The zero-order valence-corrected chi connectivity index (χ0v) is 9.20. The van der Waals surface area contributed by atoms with Crippen molar-refractivity contribution in [2.24, 2.45) is 5.92 Å². The largest absolute Gasteiger partial charge is 0.465 e. The van der Waals surface area contributed by atoms with Crippen LogP contribution in [-0.2, 0) is 14.3 Å². The molecule has 0 radical (unpaired) electrons. The molecule has 0 N–H and O–H groups in total. The van der Waals surface area contributed by atoms with Crippen LogP contribution in [0.5, 0.6) is 0 Å². The minimum Gasteiger partial charge on any atom is -0.465 e. The van der Waals surface area contributed by atoms with Gasteiger partial charge in [-0.3, -0.25) is 9.59 Å². The maximum atomic E-state index is 11.5. The van der Waals surface area contributed by atoms with E-state index in [-0.39, 0.29) is 11.8 Å². The highest BCUT2D eigenvalue weighted by molar-refractivity contribution is 5.97. The van der Waals surface area contributed by atoms with Gasteiger partial charge in [0.2, 0.25) is 0 Å². The van der Waals surface area contributed by atoms with Crippen molar-refractivity contribution in [2.45, 2.75) is 39.0 Å². The van der Waals surface area contributed by atoms with Crippen LogP contribution in [0, 0.1) is 5.92 Å². The maximum absolute atomic E-state index is 11.5. The monoisotopic (exact) mass is 210 g/mol. The molecule has 0 amide bonds. The van der Waals surface area contributed by atoms with Gasteiger partial charge in [0.1, 0.15) is 11.7 Å². The molecule has 0 aromatic heterocycles. The van der Waals surface area contributed by atoms with Gasteiger partial charge in [-0.15, -0.1) is 0 Å². The second kappa shape index (κ2) is 6.38. The molecule has 0 bridgehead atoms. The molecule has 1 atom stereocenters. The van der Waals surface area contributed by atoms with Crippen LogP contribution in [0.25, 0.3) is 0 Å². The Hall–Kier alpha value is -1.12. The number of rotatable bonds is 1. The highest BCUT2D eigenvalue weighted by Gasteiger charge is 2.23. The highest BCUT2D eigenvalue weighted by Crippen LogP contribution is 2.12. The molecule has 1 aliphatic heterocycles. The molecule has 0 saturated carbocycles. The summed E-state index contributed by atoms with van der Waals surface area (Å²) in [7, 11) is 0. The summed E-state index contributed by atoms with van der Waals surface area (Å²) in [5.41, 5.74) is 0. The molecule has 1 rings (SSSR count). The van der Waals surface area contributed by atoms with Gasteiger partial charge < -0.3 is 4.74 Å². The molecular formula is C12H18O3. The van der Waals surface area contributed by atoms with Crippen LogP contribution in [0.4, 0.5) is 0 Å². The maximum Gasteiger partial charge on any atom is 0.316 e. The Morgan fingerprint density at radius 1 is 1.33 bits per heavy atom. The van der Waals surface area contributed by atoms with Crippen LogP contribution in [0.1, 0.15) is 39.0 Å². The van der Waals surface area contributed by atoms with E-state index in [4.69, 9.17) is 4.74 Å². The van der Waals surface area contributed by atoms with Gasteiger partial charge in [0.25, 0.3) is 0 Å². The number of ketones is 1. The van der Waals surface area contributed by atoms with Crippen molar-refractivity contribution in [1.82, 2.24) is 0 Å². The Kier molecular flexibility index (Phi) is 5.08. The summed E-state index contributed by atoms with van der Waals surface area (Å²) in [6.45, 7) is 1.89. The third-order valence-electron chi connectivity index (χ3n) is 2.57. The first-order valence-electron chi connectivity index (χ1n) is 5.54. The standard InChI is InChI=1S/C12H18O3/c1-10(13)11-8-6-4-2-3-5-7-9-15-12(11)14/h4,6,11H,2-3,5,7-9H2,1H3/b6-4-. The van der Waals surface area contributed by atoms with Gasteiger partial charge in [0, 0.05) is 0 Å². The summed E-state index contributed by atoms with van der Waals surface area (Å²) < 4.78 is 5.05. The van der Waals surface area contributed by atoms with E-state index in [2.05, 4.69) is 6.08 Å².